The van der Waals surface area contributed by atoms with Crippen molar-refractivity contribution < 1.29 is 4.79 Å². The Morgan fingerprint density at radius 3 is 2.04 bits per heavy atom. The van der Waals surface area contributed by atoms with Crippen molar-refractivity contribution in [2.24, 2.45) is 0 Å². The van der Waals surface area contributed by atoms with Gasteiger partial charge < -0.3 is 15.1 Å². The van der Waals surface area contributed by atoms with E-state index >= 15 is 0 Å². The zero-order valence-corrected chi connectivity index (χ0v) is 15.8. The topological polar surface area (TPSA) is 38.8 Å². The summed E-state index contributed by atoms with van der Waals surface area (Å²) in [4.78, 5) is 19.1. The average Bonchev–Trinajstić information content (AvgIpc) is 2.57. The second-order valence-corrected chi connectivity index (χ2v) is 7.29. The molecule has 2 amide bonds. The quantitative estimate of drug-likeness (QED) is 0.917. The van der Waals surface area contributed by atoms with Gasteiger partial charge in [0.25, 0.3) is 0 Å². The fourth-order valence-electron chi connectivity index (χ4n) is 3.13. The van der Waals surface area contributed by atoms with Gasteiger partial charge in [-0.25, -0.2) is 4.79 Å². The summed E-state index contributed by atoms with van der Waals surface area (Å²) in [5.74, 6) is 0. The minimum atomic E-state index is -0.000789. The normalized spacial score (nSPS) is 16.1. The van der Waals surface area contributed by atoms with Crippen LogP contribution in [-0.2, 0) is 0 Å². The van der Waals surface area contributed by atoms with Crippen LogP contribution < -0.4 is 10.2 Å². The summed E-state index contributed by atoms with van der Waals surface area (Å²) in [6, 6.07) is 8.10. The molecule has 1 aliphatic rings. The fraction of sp³-hybridized carbons (Fsp3) is 0.632. The molecule has 0 unspecified atom stereocenters. The number of piperazine rings is 1. The molecule has 0 bridgehead atoms. The van der Waals surface area contributed by atoms with Crippen molar-refractivity contribution in [1.82, 2.24) is 9.80 Å². The second kappa shape index (κ2) is 7.88. The van der Waals surface area contributed by atoms with E-state index in [0.29, 0.717) is 0 Å². The number of rotatable bonds is 4. The third-order valence-electron chi connectivity index (χ3n) is 4.76. The highest BCUT2D eigenvalue weighted by molar-refractivity contribution is 5.89. The van der Waals surface area contributed by atoms with E-state index in [-0.39, 0.29) is 11.6 Å². The monoisotopic (exact) mass is 332 g/mol. The first kappa shape index (κ1) is 18.6. The Bertz CT molecular complexity index is 523. The van der Waals surface area contributed by atoms with Crippen LogP contribution in [0.4, 0.5) is 16.2 Å². The zero-order valence-electron chi connectivity index (χ0n) is 15.8. The third-order valence-corrected chi connectivity index (χ3v) is 4.76. The van der Waals surface area contributed by atoms with E-state index in [9.17, 15) is 4.79 Å². The lowest BCUT2D eigenvalue weighted by Gasteiger charge is -2.42. The molecule has 0 radical (unpaired) electrons. The van der Waals surface area contributed by atoms with Gasteiger partial charge in [-0.2, -0.15) is 0 Å². The molecular formula is C19H32N4O. The minimum absolute atomic E-state index is 0.000789. The third kappa shape index (κ3) is 4.63. The van der Waals surface area contributed by atoms with Crippen molar-refractivity contribution >= 4 is 17.4 Å². The molecular weight excluding hydrogens is 300 g/mol. The molecule has 0 atom stereocenters. The largest absolute Gasteiger partial charge is 0.372 e. The second-order valence-electron chi connectivity index (χ2n) is 7.29. The number of carbonyl (C=O) groups is 1. The van der Waals surface area contributed by atoms with Crippen LogP contribution >= 0.6 is 0 Å². The van der Waals surface area contributed by atoms with Gasteiger partial charge in [0.1, 0.15) is 0 Å². The van der Waals surface area contributed by atoms with E-state index in [1.165, 1.54) is 5.69 Å². The van der Waals surface area contributed by atoms with Crippen molar-refractivity contribution in [3.63, 3.8) is 0 Å². The number of urea groups is 1. The standard InChI is InChI=1S/C19H32N4O/c1-6-21(7-2)17-10-8-16(9-11-17)20-18(24)22-12-14-23(15-13-22)19(3,4)5/h8-11H,6-7,12-15H2,1-5H3,(H,20,24). The maximum atomic E-state index is 12.4. The minimum Gasteiger partial charge on any atom is -0.372 e. The van der Waals surface area contributed by atoms with Gasteiger partial charge in [-0.1, -0.05) is 0 Å². The Morgan fingerprint density at radius 2 is 1.58 bits per heavy atom. The van der Waals surface area contributed by atoms with Gasteiger partial charge in [0, 0.05) is 56.2 Å². The van der Waals surface area contributed by atoms with Crippen LogP contribution in [0.15, 0.2) is 24.3 Å². The highest BCUT2D eigenvalue weighted by Crippen LogP contribution is 2.19. The SMILES string of the molecule is CCN(CC)c1ccc(NC(=O)N2CCN(C(C)(C)C)CC2)cc1. The van der Waals surface area contributed by atoms with Crippen LogP contribution in [0, 0.1) is 0 Å². The Morgan fingerprint density at radius 1 is 1.04 bits per heavy atom. The van der Waals surface area contributed by atoms with E-state index in [1.54, 1.807) is 0 Å². The van der Waals surface area contributed by atoms with Gasteiger partial charge in [0.15, 0.2) is 0 Å². The molecule has 1 N–H and O–H groups in total. The molecule has 2 rings (SSSR count). The lowest BCUT2D eigenvalue weighted by molar-refractivity contribution is 0.0774. The number of carbonyl (C=O) groups excluding carboxylic acids is 1. The average molecular weight is 332 g/mol. The number of nitrogens with zero attached hydrogens (tertiary/aromatic N) is 3. The van der Waals surface area contributed by atoms with Gasteiger partial charge in [-0.3, -0.25) is 4.90 Å². The Kier molecular flexibility index (Phi) is 6.10. The first-order valence-corrected chi connectivity index (χ1v) is 9.01. The Labute approximate surface area is 146 Å². The van der Waals surface area contributed by atoms with Gasteiger partial charge in [0.2, 0.25) is 0 Å². The summed E-state index contributed by atoms with van der Waals surface area (Å²) in [6.07, 6.45) is 0. The molecule has 5 nitrogen and oxygen atoms in total. The van der Waals surface area contributed by atoms with E-state index in [0.717, 1.165) is 45.0 Å². The van der Waals surface area contributed by atoms with Gasteiger partial charge in [0.05, 0.1) is 0 Å². The van der Waals surface area contributed by atoms with Crippen LogP contribution in [0.2, 0.25) is 0 Å². The van der Waals surface area contributed by atoms with E-state index < -0.39 is 0 Å². The lowest BCUT2D eigenvalue weighted by atomic mass is 10.1. The lowest BCUT2D eigenvalue weighted by Crippen LogP contribution is -2.55. The van der Waals surface area contributed by atoms with Crippen molar-refractivity contribution in [1.29, 1.82) is 0 Å². The molecule has 0 aliphatic carbocycles. The molecule has 24 heavy (non-hydrogen) atoms. The number of amides is 2. The molecule has 134 valence electrons. The first-order chi connectivity index (χ1) is 11.3. The molecule has 1 aromatic rings. The highest BCUT2D eigenvalue weighted by atomic mass is 16.2. The molecule has 1 fully saturated rings. The smallest absolute Gasteiger partial charge is 0.321 e. The highest BCUT2D eigenvalue weighted by Gasteiger charge is 2.27. The molecule has 0 aromatic heterocycles. The van der Waals surface area contributed by atoms with Gasteiger partial charge in [-0.05, 0) is 58.9 Å². The van der Waals surface area contributed by atoms with Crippen LogP contribution in [0.1, 0.15) is 34.6 Å². The molecule has 5 heteroatoms. The maximum Gasteiger partial charge on any atom is 0.321 e. The van der Waals surface area contributed by atoms with Crippen molar-refractivity contribution in [2.45, 2.75) is 40.2 Å². The molecule has 0 spiro atoms. The van der Waals surface area contributed by atoms with Crippen LogP contribution in [-0.4, -0.2) is 60.6 Å². The molecule has 1 heterocycles. The Hall–Kier alpha value is -1.75. The number of nitrogens with one attached hydrogen (secondary N) is 1. The number of benzene rings is 1. The van der Waals surface area contributed by atoms with E-state index in [1.807, 2.05) is 17.0 Å². The number of anilines is 2. The summed E-state index contributed by atoms with van der Waals surface area (Å²) in [6.45, 7) is 16.4. The predicted octanol–water partition coefficient (Wildman–Crippen LogP) is 3.48. The number of hydrogen-bond donors (Lipinski definition) is 1. The van der Waals surface area contributed by atoms with Gasteiger partial charge >= 0.3 is 6.03 Å². The van der Waals surface area contributed by atoms with Gasteiger partial charge in [-0.15, -0.1) is 0 Å². The fourth-order valence-corrected chi connectivity index (χ4v) is 3.13. The maximum absolute atomic E-state index is 12.4. The van der Waals surface area contributed by atoms with Crippen molar-refractivity contribution in [3.8, 4) is 0 Å². The zero-order chi connectivity index (χ0) is 17.7. The van der Waals surface area contributed by atoms with Crippen molar-refractivity contribution in [3.05, 3.63) is 24.3 Å². The summed E-state index contributed by atoms with van der Waals surface area (Å²) < 4.78 is 0. The molecule has 1 aromatic carbocycles. The van der Waals surface area contributed by atoms with Crippen LogP contribution in [0.5, 0.6) is 0 Å². The van der Waals surface area contributed by atoms with Crippen molar-refractivity contribution in [2.75, 3.05) is 49.5 Å². The molecule has 1 saturated heterocycles. The summed E-state index contributed by atoms with van der Waals surface area (Å²) in [5, 5.41) is 3.02. The van der Waals surface area contributed by atoms with Crippen LogP contribution in [0.25, 0.3) is 0 Å². The summed E-state index contributed by atoms with van der Waals surface area (Å²) in [7, 11) is 0. The Balaban J connectivity index is 1.89. The van der Waals surface area contributed by atoms with Crippen LogP contribution in [0.3, 0.4) is 0 Å². The molecule has 0 saturated carbocycles. The van der Waals surface area contributed by atoms with E-state index in [4.69, 9.17) is 0 Å². The molecule has 1 aliphatic heterocycles. The van der Waals surface area contributed by atoms with E-state index in [2.05, 4.69) is 61.9 Å². The predicted molar refractivity (Wildman–Crippen MR) is 102 cm³/mol. The summed E-state index contributed by atoms with van der Waals surface area (Å²) in [5.41, 5.74) is 2.22. The summed E-state index contributed by atoms with van der Waals surface area (Å²) >= 11 is 0. The first-order valence-electron chi connectivity index (χ1n) is 9.01. The number of hydrogen-bond acceptors (Lipinski definition) is 3.